The zero-order valence-electron chi connectivity index (χ0n) is 16.5. The van der Waals surface area contributed by atoms with Crippen LogP contribution in [0.1, 0.15) is 91.4 Å². The molecule has 0 amide bonds. The van der Waals surface area contributed by atoms with Crippen LogP contribution < -0.4 is 0 Å². The van der Waals surface area contributed by atoms with Gasteiger partial charge >= 0.3 is 0 Å². The molecule has 0 spiro atoms. The van der Waals surface area contributed by atoms with Gasteiger partial charge in [-0.25, -0.2) is 0 Å². The molecular weight excluding hydrogens is 263 g/mol. The monoisotopic (exact) mass is 303 g/mol. The van der Waals surface area contributed by atoms with Crippen molar-refractivity contribution in [2.75, 3.05) is 6.54 Å². The van der Waals surface area contributed by atoms with E-state index in [0.717, 1.165) is 5.82 Å². The Hall–Kier alpha value is 0.155. The maximum absolute atomic E-state index is 2.89. The van der Waals surface area contributed by atoms with Crippen molar-refractivity contribution in [3.63, 3.8) is 0 Å². The number of hydrogen-bond donors (Lipinski definition) is 0. The summed E-state index contributed by atoms with van der Waals surface area (Å²) in [6.45, 7) is 8.51. The Kier molecular flexibility index (Phi) is 8.68. The standard InChI is InChI=1S/C18H40B3N/c1-4-6-8-9-11-13-17(3,12-10-7-5-2)22-15-16(19)14-18(22,20)21/h16H,4-15,19-21H2,1-3H3. The minimum Gasteiger partial charge on any atom is -0.308 e. The van der Waals surface area contributed by atoms with E-state index in [1.807, 2.05) is 0 Å². The molecule has 2 unspecified atom stereocenters. The fraction of sp³-hybridized carbons (Fsp3) is 1.00. The first kappa shape index (κ1) is 20.2. The van der Waals surface area contributed by atoms with Crippen molar-refractivity contribution in [3.05, 3.63) is 0 Å². The minimum absolute atomic E-state index is 0.393. The first-order valence-corrected chi connectivity index (χ1v) is 10.1. The maximum atomic E-state index is 2.89. The molecule has 1 aliphatic heterocycles. The summed E-state index contributed by atoms with van der Waals surface area (Å²) >= 11 is 0. The van der Waals surface area contributed by atoms with Crippen LogP contribution in [0, 0.1) is 0 Å². The van der Waals surface area contributed by atoms with Gasteiger partial charge in [-0.2, -0.15) is 0 Å². The summed E-state index contributed by atoms with van der Waals surface area (Å²) < 4.78 is 0. The van der Waals surface area contributed by atoms with Crippen molar-refractivity contribution < 1.29 is 0 Å². The van der Waals surface area contributed by atoms with E-state index in [0.29, 0.717) is 10.9 Å². The van der Waals surface area contributed by atoms with Gasteiger partial charge in [-0.1, -0.05) is 77.5 Å². The Morgan fingerprint density at radius 3 is 1.95 bits per heavy atom. The maximum Gasteiger partial charge on any atom is 0.117 e. The second-order valence-electron chi connectivity index (χ2n) is 8.85. The van der Waals surface area contributed by atoms with Gasteiger partial charge in [0.05, 0.1) is 0 Å². The third-order valence-electron chi connectivity index (χ3n) is 5.86. The third kappa shape index (κ3) is 5.98. The average molecular weight is 303 g/mol. The molecule has 22 heavy (non-hydrogen) atoms. The Bertz CT molecular complexity index is 309. The summed E-state index contributed by atoms with van der Waals surface area (Å²) in [5.41, 5.74) is 0.426. The van der Waals surface area contributed by atoms with Crippen molar-refractivity contribution in [1.29, 1.82) is 0 Å². The highest BCUT2D eigenvalue weighted by Gasteiger charge is 2.44. The first-order chi connectivity index (χ1) is 10.4. The Morgan fingerprint density at radius 2 is 1.45 bits per heavy atom. The quantitative estimate of drug-likeness (QED) is 0.419. The highest BCUT2D eigenvalue weighted by molar-refractivity contribution is 6.40. The molecule has 0 aliphatic carbocycles. The lowest BCUT2D eigenvalue weighted by Gasteiger charge is -2.48. The smallest absolute Gasteiger partial charge is 0.117 e. The normalized spacial score (nSPS) is 24.4. The molecule has 0 bridgehead atoms. The van der Waals surface area contributed by atoms with Gasteiger partial charge in [-0.15, -0.1) is 0 Å². The summed E-state index contributed by atoms with van der Waals surface area (Å²) in [7, 11) is 7.40. The van der Waals surface area contributed by atoms with Crippen LogP contribution in [0.4, 0.5) is 0 Å². The number of hydrogen-bond acceptors (Lipinski definition) is 1. The molecule has 2 atom stereocenters. The molecular formula is C18H40B3N. The van der Waals surface area contributed by atoms with E-state index < -0.39 is 0 Å². The second kappa shape index (κ2) is 9.45. The molecule has 1 nitrogen and oxygen atoms in total. The second-order valence-corrected chi connectivity index (χ2v) is 8.85. The molecule has 1 saturated heterocycles. The number of unbranched alkanes of at least 4 members (excludes halogenated alkanes) is 6. The van der Waals surface area contributed by atoms with Gasteiger partial charge in [0.25, 0.3) is 0 Å². The molecule has 0 aromatic rings. The van der Waals surface area contributed by atoms with Crippen molar-refractivity contribution in [2.24, 2.45) is 0 Å². The number of rotatable bonds is 11. The molecule has 0 saturated carbocycles. The molecule has 0 radical (unpaired) electrons. The fourth-order valence-electron chi connectivity index (χ4n) is 4.80. The summed E-state index contributed by atoms with van der Waals surface area (Å²) in [4.78, 5) is 2.89. The predicted molar refractivity (Wildman–Crippen MR) is 109 cm³/mol. The first-order valence-electron chi connectivity index (χ1n) is 10.1. The Morgan fingerprint density at radius 1 is 0.955 bits per heavy atom. The summed E-state index contributed by atoms with van der Waals surface area (Å²) in [6, 6.07) is 0. The van der Waals surface area contributed by atoms with Crippen LogP contribution in [0.2, 0.25) is 5.82 Å². The van der Waals surface area contributed by atoms with Gasteiger partial charge in [0.15, 0.2) is 0 Å². The topological polar surface area (TPSA) is 3.24 Å². The summed E-state index contributed by atoms with van der Waals surface area (Å²) in [5.74, 6) is 0.862. The van der Waals surface area contributed by atoms with Crippen molar-refractivity contribution >= 4 is 23.5 Å². The molecule has 0 aromatic carbocycles. The van der Waals surface area contributed by atoms with E-state index in [2.05, 4.69) is 49.2 Å². The van der Waals surface area contributed by atoms with E-state index in [1.165, 1.54) is 77.2 Å². The van der Waals surface area contributed by atoms with Crippen LogP contribution in [0.15, 0.2) is 0 Å². The van der Waals surface area contributed by atoms with Gasteiger partial charge in [0.1, 0.15) is 23.5 Å². The molecule has 1 heterocycles. The molecule has 126 valence electrons. The molecule has 0 N–H and O–H groups in total. The van der Waals surface area contributed by atoms with Crippen LogP contribution in [0.25, 0.3) is 0 Å². The zero-order valence-corrected chi connectivity index (χ0v) is 16.5. The van der Waals surface area contributed by atoms with Crippen LogP contribution in [-0.4, -0.2) is 45.9 Å². The highest BCUT2D eigenvalue weighted by Crippen LogP contribution is 2.41. The predicted octanol–water partition coefficient (Wildman–Crippen LogP) is 2.73. The van der Waals surface area contributed by atoms with E-state index in [1.54, 1.807) is 0 Å². The molecule has 0 aromatic heterocycles. The SMILES string of the molecule is BC1CN(C(C)(CCCCC)CCCCCCC)C(B)(B)C1. The van der Waals surface area contributed by atoms with E-state index in [9.17, 15) is 0 Å². The fourth-order valence-corrected chi connectivity index (χ4v) is 4.80. The minimum atomic E-state index is 0.393. The van der Waals surface area contributed by atoms with E-state index in [4.69, 9.17) is 0 Å². The van der Waals surface area contributed by atoms with E-state index >= 15 is 0 Å². The molecule has 1 rings (SSSR count). The van der Waals surface area contributed by atoms with Crippen molar-refractivity contribution in [3.8, 4) is 0 Å². The number of nitrogens with zero attached hydrogens (tertiary/aromatic N) is 1. The van der Waals surface area contributed by atoms with Crippen LogP contribution >= 0.6 is 0 Å². The van der Waals surface area contributed by atoms with Crippen molar-refractivity contribution in [1.82, 2.24) is 4.90 Å². The largest absolute Gasteiger partial charge is 0.308 e. The molecule has 1 fully saturated rings. The third-order valence-corrected chi connectivity index (χ3v) is 5.86. The van der Waals surface area contributed by atoms with Gasteiger partial charge < -0.3 is 4.90 Å². The van der Waals surface area contributed by atoms with Gasteiger partial charge in [-0.3, -0.25) is 0 Å². The summed E-state index contributed by atoms with van der Waals surface area (Å²) in [6.07, 6.45) is 15.4. The Labute approximate surface area is 143 Å². The van der Waals surface area contributed by atoms with Gasteiger partial charge in [-0.05, 0) is 31.6 Å². The lowest BCUT2D eigenvalue weighted by molar-refractivity contribution is 0.0795. The number of likely N-dealkylation sites (tertiary alicyclic amines) is 1. The average Bonchev–Trinajstić information content (AvgIpc) is 2.72. The lowest BCUT2D eigenvalue weighted by Crippen LogP contribution is -2.57. The van der Waals surface area contributed by atoms with E-state index in [-0.39, 0.29) is 0 Å². The highest BCUT2D eigenvalue weighted by atomic mass is 15.3. The lowest BCUT2D eigenvalue weighted by atomic mass is 9.57. The summed E-state index contributed by atoms with van der Waals surface area (Å²) in [5, 5.41) is 0.393. The van der Waals surface area contributed by atoms with Gasteiger partial charge in [0, 0.05) is 5.54 Å². The molecule has 1 aliphatic rings. The van der Waals surface area contributed by atoms with Crippen LogP contribution in [0.3, 0.4) is 0 Å². The Balaban J connectivity index is 2.64. The zero-order chi connectivity index (χ0) is 16.6. The molecule has 4 heteroatoms. The van der Waals surface area contributed by atoms with Gasteiger partial charge in [0.2, 0.25) is 0 Å². The van der Waals surface area contributed by atoms with Crippen LogP contribution in [-0.2, 0) is 0 Å². The van der Waals surface area contributed by atoms with Crippen LogP contribution in [0.5, 0.6) is 0 Å². The van der Waals surface area contributed by atoms with Crippen molar-refractivity contribution in [2.45, 2.75) is 108 Å².